The van der Waals surface area contributed by atoms with Gasteiger partial charge in [-0.2, -0.15) is 0 Å². The number of fused-ring (bicyclic) bond motifs is 1. The van der Waals surface area contributed by atoms with Crippen molar-refractivity contribution in [1.29, 1.82) is 0 Å². The molecule has 0 aromatic carbocycles. The molecule has 2 saturated heterocycles. The van der Waals surface area contributed by atoms with Gasteiger partial charge in [0.15, 0.2) is 0 Å². The predicted octanol–water partition coefficient (Wildman–Crippen LogP) is 0.0329. The van der Waals surface area contributed by atoms with Crippen LogP contribution in [0.4, 0.5) is 0 Å². The van der Waals surface area contributed by atoms with Gasteiger partial charge < -0.3 is 9.80 Å². The summed E-state index contributed by atoms with van der Waals surface area (Å²) in [5.74, 6) is -0.194. The molecular formula is C13H22N2O4S. The highest BCUT2D eigenvalue weighted by molar-refractivity contribution is 7.90. The number of piperidine rings is 1. The molecule has 114 valence electrons. The van der Waals surface area contributed by atoms with Gasteiger partial charge in [0, 0.05) is 19.3 Å². The Balaban J connectivity index is 2.20. The molecule has 0 aromatic rings. The number of sulfone groups is 1. The summed E-state index contributed by atoms with van der Waals surface area (Å²) in [4.78, 5) is 28.2. The van der Waals surface area contributed by atoms with Crippen LogP contribution in [0.25, 0.3) is 0 Å². The fourth-order valence-corrected chi connectivity index (χ4v) is 3.58. The summed E-state index contributed by atoms with van der Waals surface area (Å²) in [6.45, 7) is 2.62. The number of piperazine rings is 1. The van der Waals surface area contributed by atoms with Crippen LogP contribution in [0.1, 0.15) is 32.6 Å². The van der Waals surface area contributed by atoms with Crippen LogP contribution in [0.3, 0.4) is 0 Å². The second-order valence-corrected chi connectivity index (χ2v) is 7.89. The summed E-state index contributed by atoms with van der Waals surface area (Å²) >= 11 is 0. The van der Waals surface area contributed by atoms with E-state index in [0.717, 1.165) is 19.1 Å². The van der Waals surface area contributed by atoms with Gasteiger partial charge in [0.1, 0.15) is 21.9 Å². The van der Waals surface area contributed by atoms with Crippen LogP contribution in [0.15, 0.2) is 0 Å². The number of rotatable bonds is 4. The van der Waals surface area contributed by atoms with Crippen molar-refractivity contribution in [1.82, 2.24) is 9.80 Å². The SMILES string of the molecule is CCC1C(=O)N2CCCCC2C(=O)N1CCS(C)(=O)=O. The molecule has 2 aliphatic heterocycles. The number of hydrogen-bond acceptors (Lipinski definition) is 4. The highest BCUT2D eigenvalue weighted by atomic mass is 32.2. The maximum absolute atomic E-state index is 12.5. The lowest BCUT2D eigenvalue weighted by Gasteiger charge is -2.46. The first kappa shape index (κ1) is 15.3. The molecule has 0 N–H and O–H groups in total. The summed E-state index contributed by atoms with van der Waals surface area (Å²) in [7, 11) is -3.14. The van der Waals surface area contributed by atoms with Crippen molar-refractivity contribution in [2.45, 2.75) is 44.7 Å². The largest absolute Gasteiger partial charge is 0.329 e. The molecule has 2 amide bonds. The molecule has 6 nitrogen and oxygen atoms in total. The van der Waals surface area contributed by atoms with Gasteiger partial charge in [-0.3, -0.25) is 9.59 Å². The quantitative estimate of drug-likeness (QED) is 0.734. The van der Waals surface area contributed by atoms with Gasteiger partial charge in [-0.1, -0.05) is 6.92 Å². The smallest absolute Gasteiger partial charge is 0.246 e. The summed E-state index contributed by atoms with van der Waals surface area (Å²) in [6, 6.07) is -0.878. The van der Waals surface area contributed by atoms with Crippen LogP contribution in [-0.4, -0.2) is 67.2 Å². The summed E-state index contributed by atoms with van der Waals surface area (Å²) in [5.41, 5.74) is 0. The van der Waals surface area contributed by atoms with E-state index >= 15 is 0 Å². The number of carbonyl (C=O) groups is 2. The van der Waals surface area contributed by atoms with Crippen molar-refractivity contribution in [3.63, 3.8) is 0 Å². The van der Waals surface area contributed by atoms with E-state index in [9.17, 15) is 18.0 Å². The maximum atomic E-state index is 12.5. The minimum absolute atomic E-state index is 0.0229. The zero-order valence-electron chi connectivity index (χ0n) is 12.0. The summed E-state index contributed by atoms with van der Waals surface area (Å²) in [5, 5.41) is 0. The Kier molecular flexibility index (Phi) is 4.36. The average molecular weight is 302 g/mol. The fourth-order valence-electron chi connectivity index (χ4n) is 3.05. The number of carbonyl (C=O) groups excluding carboxylic acids is 2. The Morgan fingerprint density at radius 2 is 1.90 bits per heavy atom. The lowest BCUT2D eigenvalue weighted by atomic mass is 9.94. The minimum atomic E-state index is -3.14. The van der Waals surface area contributed by atoms with Crippen LogP contribution in [0.5, 0.6) is 0 Å². The van der Waals surface area contributed by atoms with E-state index in [-0.39, 0.29) is 30.2 Å². The molecule has 2 unspecified atom stereocenters. The van der Waals surface area contributed by atoms with E-state index in [4.69, 9.17) is 0 Å². The van der Waals surface area contributed by atoms with Crippen molar-refractivity contribution in [2.24, 2.45) is 0 Å². The predicted molar refractivity (Wildman–Crippen MR) is 74.9 cm³/mol. The number of nitrogens with zero attached hydrogens (tertiary/aromatic N) is 2. The molecule has 2 rings (SSSR count). The molecule has 0 bridgehead atoms. The van der Waals surface area contributed by atoms with Gasteiger partial charge in [-0.05, 0) is 25.7 Å². The molecule has 0 aromatic heterocycles. The third-order valence-corrected chi connectivity index (χ3v) is 5.03. The topological polar surface area (TPSA) is 74.8 Å². The number of hydrogen-bond donors (Lipinski definition) is 0. The molecule has 7 heteroatoms. The second kappa shape index (κ2) is 5.71. The van der Waals surface area contributed by atoms with Gasteiger partial charge in [0.2, 0.25) is 11.8 Å². The monoisotopic (exact) mass is 302 g/mol. The first-order chi connectivity index (χ1) is 9.35. The Labute approximate surface area is 120 Å². The fraction of sp³-hybridized carbons (Fsp3) is 0.846. The molecule has 2 aliphatic rings. The van der Waals surface area contributed by atoms with Gasteiger partial charge in [-0.25, -0.2) is 8.42 Å². The third kappa shape index (κ3) is 2.97. The first-order valence-corrected chi connectivity index (χ1v) is 9.20. The van der Waals surface area contributed by atoms with E-state index in [2.05, 4.69) is 0 Å². The zero-order valence-corrected chi connectivity index (χ0v) is 12.9. The van der Waals surface area contributed by atoms with Crippen molar-refractivity contribution in [3.05, 3.63) is 0 Å². The Morgan fingerprint density at radius 1 is 1.20 bits per heavy atom. The lowest BCUT2D eigenvalue weighted by molar-refractivity contribution is -0.163. The average Bonchev–Trinajstić information content (AvgIpc) is 2.40. The number of amides is 2. The molecular weight excluding hydrogens is 280 g/mol. The third-order valence-electron chi connectivity index (χ3n) is 4.10. The molecule has 2 atom stereocenters. The van der Waals surface area contributed by atoms with Gasteiger partial charge >= 0.3 is 0 Å². The van der Waals surface area contributed by atoms with E-state index in [1.165, 1.54) is 4.90 Å². The standard InChI is InChI=1S/C13H22N2O4S/c1-3-10-12(16)14-7-5-4-6-11(14)13(17)15(10)8-9-20(2,18)19/h10-11H,3-9H2,1-2H3. The first-order valence-electron chi connectivity index (χ1n) is 7.14. The van der Waals surface area contributed by atoms with Crippen LogP contribution < -0.4 is 0 Å². The lowest BCUT2D eigenvalue weighted by Crippen LogP contribution is -2.66. The molecule has 0 aliphatic carbocycles. The Hall–Kier alpha value is -1.11. The van der Waals surface area contributed by atoms with Crippen molar-refractivity contribution in [2.75, 3.05) is 25.1 Å². The van der Waals surface area contributed by atoms with Crippen molar-refractivity contribution >= 4 is 21.7 Å². The van der Waals surface area contributed by atoms with E-state index in [0.29, 0.717) is 19.4 Å². The van der Waals surface area contributed by atoms with Crippen LogP contribution in [0.2, 0.25) is 0 Å². The molecule has 2 fully saturated rings. The summed E-state index contributed by atoms with van der Waals surface area (Å²) < 4.78 is 22.6. The van der Waals surface area contributed by atoms with Crippen LogP contribution in [-0.2, 0) is 19.4 Å². The molecule has 2 heterocycles. The van der Waals surface area contributed by atoms with Crippen LogP contribution in [0, 0.1) is 0 Å². The maximum Gasteiger partial charge on any atom is 0.246 e. The van der Waals surface area contributed by atoms with Gasteiger partial charge in [0.25, 0.3) is 0 Å². The molecule has 0 radical (unpaired) electrons. The molecule has 0 saturated carbocycles. The van der Waals surface area contributed by atoms with E-state index in [1.54, 1.807) is 4.90 Å². The highest BCUT2D eigenvalue weighted by Crippen LogP contribution is 2.27. The van der Waals surface area contributed by atoms with Crippen LogP contribution >= 0.6 is 0 Å². The Bertz CT molecular complexity index is 503. The Morgan fingerprint density at radius 3 is 2.50 bits per heavy atom. The normalized spacial score (nSPS) is 27.7. The molecule has 20 heavy (non-hydrogen) atoms. The second-order valence-electron chi connectivity index (χ2n) is 5.63. The zero-order chi connectivity index (χ0) is 14.9. The van der Waals surface area contributed by atoms with Gasteiger partial charge in [-0.15, -0.1) is 0 Å². The highest BCUT2D eigenvalue weighted by Gasteiger charge is 2.45. The van der Waals surface area contributed by atoms with E-state index < -0.39 is 15.9 Å². The molecule has 0 spiro atoms. The summed E-state index contributed by atoms with van der Waals surface area (Å²) in [6.07, 6.45) is 4.25. The minimum Gasteiger partial charge on any atom is -0.329 e. The van der Waals surface area contributed by atoms with Crippen molar-refractivity contribution < 1.29 is 18.0 Å². The van der Waals surface area contributed by atoms with E-state index in [1.807, 2.05) is 6.92 Å². The van der Waals surface area contributed by atoms with Crippen molar-refractivity contribution in [3.8, 4) is 0 Å². The van der Waals surface area contributed by atoms with Gasteiger partial charge in [0.05, 0.1) is 5.75 Å².